The molecule has 1 amide bonds. The molecular formula is C16H23N3OS. The predicted octanol–water partition coefficient (Wildman–Crippen LogP) is 1.78. The van der Waals surface area contributed by atoms with Gasteiger partial charge < -0.3 is 9.80 Å². The summed E-state index contributed by atoms with van der Waals surface area (Å²) in [6.07, 6.45) is 0. The molecule has 1 aromatic rings. The summed E-state index contributed by atoms with van der Waals surface area (Å²) in [6, 6.07) is 10.5. The number of hydrogen-bond donors (Lipinski definition) is 1. The topological polar surface area (TPSA) is 35.6 Å². The highest BCUT2D eigenvalue weighted by molar-refractivity contribution is 7.99. The number of amides is 1. The van der Waals surface area contributed by atoms with Crippen molar-refractivity contribution in [3.8, 4) is 0 Å². The van der Waals surface area contributed by atoms with E-state index in [2.05, 4.69) is 53.2 Å². The standard InChI is InChI=1S/C16H23N3OS/c1-16(2)11-18(13-6-4-3-5-7-13)8-9-19(16)15(20)14-10-21-12-17-14/h3-7,14,17H,8-12H2,1-2H3. The molecule has 2 heterocycles. The van der Waals surface area contributed by atoms with Crippen LogP contribution < -0.4 is 10.2 Å². The normalized spacial score (nSPS) is 25.1. The lowest BCUT2D eigenvalue weighted by Crippen LogP contribution is -2.64. The fourth-order valence-electron chi connectivity index (χ4n) is 3.16. The molecule has 0 aromatic heterocycles. The van der Waals surface area contributed by atoms with Crippen molar-refractivity contribution in [1.29, 1.82) is 0 Å². The van der Waals surface area contributed by atoms with E-state index >= 15 is 0 Å². The molecule has 21 heavy (non-hydrogen) atoms. The molecular weight excluding hydrogens is 282 g/mol. The number of carbonyl (C=O) groups excluding carboxylic acids is 1. The van der Waals surface area contributed by atoms with Crippen molar-refractivity contribution >= 4 is 23.4 Å². The third kappa shape index (κ3) is 3.04. The fourth-order valence-corrected chi connectivity index (χ4v) is 4.10. The number of nitrogens with one attached hydrogen (secondary N) is 1. The molecule has 0 saturated carbocycles. The van der Waals surface area contributed by atoms with Crippen LogP contribution in [0.25, 0.3) is 0 Å². The Morgan fingerprint density at radius 1 is 1.29 bits per heavy atom. The van der Waals surface area contributed by atoms with Crippen LogP contribution in [0.2, 0.25) is 0 Å². The molecule has 1 atom stereocenters. The molecule has 0 aliphatic carbocycles. The molecule has 1 aromatic carbocycles. The Morgan fingerprint density at radius 2 is 2.05 bits per heavy atom. The van der Waals surface area contributed by atoms with E-state index in [9.17, 15) is 4.79 Å². The second kappa shape index (κ2) is 5.89. The summed E-state index contributed by atoms with van der Waals surface area (Å²) < 4.78 is 0. The van der Waals surface area contributed by atoms with E-state index in [-0.39, 0.29) is 17.5 Å². The van der Waals surface area contributed by atoms with Gasteiger partial charge in [-0.05, 0) is 26.0 Å². The number of rotatable bonds is 2. The lowest BCUT2D eigenvalue weighted by Gasteiger charge is -2.48. The maximum absolute atomic E-state index is 12.7. The SMILES string of the molecule is CC1(C)CN(c2ccccc2)CCN1C(=O)C1CSCN1. The van der Waals surface area contributed by atoms with Gasteiger partial charge in [-0.2, -0.15) is 0 Å². The van der Waals surface area contributed by atoms with Crippen molar-refractivity contribution in [3.63, 3.8) is 0 Å². The molecule has 3 rings (SSSR count). The minimum Gasteiger partial charge on any atom is -0.367 e. The van der Waals surface area contributed by atoms with Gasteiger partial charge in [-0.3, -0.25) is 10.1 Å². The third-order valence-corrected chi connectivity index (χ3v) is 5.24. The average Bonchev–Trinajstić information content (AvgIpc) is 3.01. The number of anilines is 1. The molecule has 2 aliphatic heterocycles. The minimum atomic E-state index is -0.139. The van der Waals surface area contributed by atoms with E-state index in [4.69, 9.17) is 0 Å². The summed E-state index contributed by atoms with van der Waals surface area (Å²) in [6.45, 7) is 6.91. The highest BCUT2D eigenvalue weighted by Crippen LogP contribution is 2.27. The number of nitrogens with zero attached hydrogens (tertiary/aromatic N) is 2. The molecule has 0 bridgehead atoms. The maximum Gasteiger partial charge on any atom is 0.241 e. The smallest absolute Gasteiger partial charge is 0.241 e. The first-order chi connectivity index (χ1) is 10.1. The Bertz CT molecular complexity index is 500. The van der Waals surface area contributed by atoms with E-state index in [1.165, 1.54) is 5.69 Å². The highest BCUT2D eigenvalue weighted by Gasteiger charge is 2.39. The second-order valence-corrected chi connectivity index (χ2v) is 7.36. The molecule has 2 saturated heterocycles. The monoisotopic (exact) mass is 305 g/mol. The van der Waals surface area contributed by atoms with Gasteiger partial charge in [-0.1, -0.05) is 18.2 Å². The van der Waals surface area contributed by atoms with Gasteiger partial charge in [0.1, 0.15) is 0 Å². The van der Waals surface area contributed by atoms with Crippen LogP contribution in [0.1, 0.15) is 13.8 Å². The van der Waals surface area contributed by atoms with Gasteiger partial charge in [0.25, 0.3) is 0 Å². The molecule has 0 spiro atoms. The van der Waals surface area contributed by atoms with Crippen molar-refractivity contribution in [3.05, 3.63) is 30.3 Å². The largest absolute Gasteiger partial charge is 0.367 e. The third-order valence-electron chi connectivity index (χ3n) is 4.30. The van der Waals surface area contributed by atoms with Gasteiger partial charge in [0, 0.05) is 37.0 Å². The van der Waals surface area contributed by atoms with Gasteiger partial charge in [0.2, 0.25) is 5.91 Å². The van der Waals surface area contributed by atoms with Crippen LogP contribution >= 0.6 is 11.8 Å². The van der Waals surface area contributed by atoms with E-state index in [1.54, 1.807) is 11.8 Å². The Kier molecular flexibility index (Phi) is 4.13. The lowest BCUT2D eigenvalue weighted by molar-refractivity contribution is -0.138. The maximum atomic E-state index is 12.7. The Balaban J connectivity index is 1.71. The van der Waals surface area contributed by atoms with Gasteiger partial charge in [0.15, 0.2) is 0 Å². The van der Waals surface area contributed by atoms with Crippen LogP contribution in [0.15, 0.2) is 30.3 Å². The predicted molar refractivity (Wildman–Crippen MR) is 88.7 cm³/mol. The van der Waals surface area contributed by atoms with Crippen LogP contribution in [0, 0.1) is 0 Å². The van der Waals surface area contributed by atoms with Crippen molar-refractivity contribution in [1.82, 2.24) is 10.2 Å². The van der Waals surface area contributed by atoms with Crippen LogP contribution in [-0.2, 0) is 4.79 Å². The van der Waals surface area contributed by atoms with Gasteiger partial charge in [-0.25, -0.2) is 0 Å². The van der Waals surface area contributed by atoms with E-state index < -0.39 is 0 Å². The average molecular weight is 305 g/mol. The Hall–Kier alpha value is -1.20. The summed E-state index contributed by atoms with van der Waals surface area (Å²) in [5.74, 6) is 2.05. The quantitative estimate of drug-likeness (QED) is 0.903. The first-order valence-electron chi connectivity index (χ1n) is 7.50. The molecule has 2 aliphatic rings. The van der Waals surface area contributed by atoms with Crippen LogP contribution in [0.3, 0.4) is 0 Å². The zero-order valence-corrected chi connectivity index (χ0v) is 13.5. The fraction of sp³-hybridized carbons (Fsp3) is 0.562. The molecule has 0 radical (unpaired) electrons. The second-order valence-electron chi connectivity index (χ2n) is 6.33. The minimum absolute atomic E-state index is 0.00227. The van der Waals surface area contributed by atoms with Crippen LogP contribution in [0.5, 0.6) is 0 Å². The Morgan fingerprint density at radius 3 is 2.67 bits per heavy atom. The summed E-state index contributed by atoms with van der Waals surface area (Å²) in [4.78, 5) is 17.1. The van der Waals surface area contributed by atoms with Crippen LogP contribution in [0.4, 0.5) is 5.69 Å². The van der Waals surface area contributed by atoms with E-state index in [0.29, 0.717) is 0 Å². The number of hydrogen-bond acceptors (Lipinski definition) is 4. The molecule has 5 heteroatoms. The Labute approximate surface area is 130 Å². The van der Waals surface area contributed by atoms with Crippen molar-refractivity contribution in [2.75, 3.05) is 36.2 Å². The van der Waals surface area contributed by atoms with E-state index in [0.717, 1.165) is 31.3 Å². The van der Waals surface area contributed by atoms with Crippen LogP contribution in [-0.4, -0.2) is 53.7 Å². The zero-order valence-electron chi connectivity index (χ0n) is 12.7. The molecule has 4 nitrogen and oxygen atoms in total. The van der Waals surface area contributed by atoms with Gasteiger partial charge in [-0.15, -0.1) is 11.8 Å². The molecule has 1 N–H and O–H groups in total. The van der Waals surface area contributed by atoms with Gasteiger partial charge in [0.05, 0.1) is 11.6 Å². The number of carbonyl (C=O) groups is 1. The molecule has 114 valence electrons. The van der Waals surface area contributed by atoms with Gasteiger partial charge >= 0.3 is 0 Å². The number of benzene rings is 1. The molecule has 2 fully saturated rings. The van der Waals surface area contributed by atoms with Crippen molar-refractivity contribution < 1.29 is 4.79 Å². The highest BCUT2D eigenvalue weighted by atomic mass is 32.2. The van der Waals surface area contributed by atoms with Crippen molar-refractivity contribution in [2.24, 2.45) is 0 Å². The summed E-state index contributed by atoms with van der Waals surface area (Å²) in [7, 11) is 0. The first-order valence-corrected chi connectivity index (χ1v) is 8.66. The van der Waals surface area contributed by atoms with Crippen molar-refractivity contribution in [2.45, 2.75) is 25.4 Å². The summed E-state index contributed by atoms with van der Waals surface area (Å²) in [5.41, 5.74) is 1.10. The molecule has 1 unspecified atom stereocenters. The lowest BCUT2D eigenvalue weighted by atomic mass is 9.97. The number of thioether (sulfide) groups is 1. The number of piperazine rings is 1. The summed E-state index contributed by atoms with van der Waals surface area (Å²) >= 11 is 1.80. The number of para-hydroxylation sites is 1. The van der Waals surface area contributed by atoms with E-state index in [1.807, 2.05) is 6.07 Å². The summed E-state index contributed by atoms with van der Waals surface area (Å²) in [5, 5.41) is 3.29. The first kappa shape index (κ1) is 14.7. The zero-order chi connectivity index (χ0) is 14.9.